The number of rotatable bonds is 6. The Balaban J connectivity index is 3.29. The maximum absolute atomic E-state index is 9.00. The summed E-state index contributed by atoms with van der Waals surface area (Å²) < 4.78 is 20.9. The second kappa shape index (κ2) is 7.29. The molecule has 1 aromatic carbocycles. The minimum absolute atomic E-state index is 0.0709. The van der Waals surface area contributed by atoms with Crippen molar-refractivity contribution in [2.75, 3.05) is 21.3 Å². The van der Waals surface area contributed by atoms with Crippen molar-refractivity contribution < 1.29 is 18.9 Å². The summed E-state index contributed by atoms with van der Waals surface area (Å²) in [7, 11) is 4.58. The number of allylic oxidation sites excluding steroid dienone is 1. The average molecular weight is 277 g/mol. The Labute approximate surface area is 119 Å². The molecule has 0 unspecified atom stereocenters. The lowest BCUT2D eigenvalue weighted by Gasteiger charge is -2.17. The van der Waals surface area contributed by atoms with Crippen LogP contribution in [-0.2, 0) is 4.74 Å². The van der Waals surface area contributed by atoms with Crippen molar-refractivity contribution in [3.05, 3.63) is 29.7 Å². The summed E-state index contributed by atoms with van der Waals surface area (Å²) in [6.07, 6.45) is 1.25. The smallest absolute Gasteiger partial charge is 0.238 e. The van der Waals surface area contributed by atoms with Gasteiger partial charge in [0, 0.05) is 11.6 Å². The zero-order valence-electron chi connectivity index (χ0n) is 12.4. The van der Waals surface area contributed by atoms with Gasteiger partial charge in [0.05, 0.1) is 21.3 Å². The molecule has 0 atom stereocenters. The average Bonchev–Trinajstić information content (AvgIpc) is 2.45. The Kier molecular flexibility index (Phi) is 5.73. The second-order valence-corrected chi connectivity index (χ2v) is 4.33. The summed E-state index contributed by atoms with van der Waals surface area (Å²) in [5.74, 6) is 1.98. The zero-order valence-corrected chi connectivity index (χ0v) is 12.4. The maximum Gasteiger partial charge on any atom is 0.238 e. The van der Waals surface area contributed by atoms with Gasteiger partial charge >= 0.3 is 0 Å². The molecule has 0 amide bonds. The van der Waals surface area contributed by atoms with Gasteiger partial charge in [0.2, 0.25) is 5.76 Å². The molecule has 1 rings (SSSR count). The number of nitriles is 1. The summed E-state index contributed by atoms with van der Waals surface area (Å²) in [6.45, 7) is 4.06. The molecule has 0 heterocycles. The fourth-order valence-corrected chi connectivity index (χ4v) is 1.71. The third-order valence-electron chi connectivity index (χ3n) is 2.69. The van der Waals surface area contributed by atoms with E-state index in [1.807, 2.05) is 26.0 Å². The summed E-state index contributed by atoms with van der Waals surface area (Å²) in [4.78, 5) is 0. The van der Waals surface area contributed by atoms with Crippen molar-refractivity contribution in [3.8, 4) is 23.3 Å². The molecule has 0 aliphatic heterocycles. The van der Waals surface area contributed by atoms with E-state index in [0.29, 0.717) is 17.2 Å². The highest BCUT2D eigenvalue weighted by atomic mass is 16.5. The lowest BCUT2D eigenvalue weighted by atomic mass is 10.0. The van der Waals surface area contributed by atoms with E-state index in [9.17, 15) is 0 Å². The Bertz CT molecular complexity index is 529. The van der Waals surface area contributed by atoms with E-state index in [1.165, 1.54) is 13.4 Å². The number of methoxy groups -OCH3 is 3. The second-order valence-electron chi connectivity index (χ2n) is 4.33. The van der Waals surface area contributed by atoms with E-state index in [2.05, 4.69) is 0 Å². The molecule has 0 spiro atoms. The molecule has 0 saturated heterocycles. The highest BCUT2D eigenvalue weighted by Crippen LogP contribution is 2.38. The maximum atomic E-state index is 9.00. The van der Waals surface area contributed by atoms with Crippen molar-refractivity contribution in [1.82, 2.24) is 0 Å². The molecule has 5 nitrogen and oxygen atoms in total. The van der Waals surface area contributed by atoms with Gasteiger partial charge < -0.3 is 18.9 Å². The van der Waals surface area contributed by atoms with Gasteiger partial charge in [-0.3, -0.25) is 0 Å². The van der Waals surface area contributed by atoms with Gasteiger partial charge in [0.25, 0.3) is 0 Å². The molecule has 5 heteroatoms. The Morgan fingerprint density at radius 1 is 1.10 bits per heavy atom. The van der Waals surface area contributed by atoms with Crippen LogP contribution in [0.3, 0.4) is 0 Å². The van der Waals surface area contributed by atoms with Gasteiger partial charge in [-0.15, -0.1) is 0 Å². The van der Waals surface area contributed by atoms with Crippen molar-refractivity contribution in [2.24, 2.45) is 0 Å². The molecule has 0 N–H and O–H groups in total. The van der Waals surface area contributed by atoms with Crippen molar-refractivity contribution in [2.45, 2.75) is 19.8 Å². The van der Waals surface area contributed by atoms with Crippen LogP contribution in [0.4, 0.5) is 0 Å². The monoisotopic (exact) mass is 277 g/mol. The molecule has 0 aliphatic rings. The van der Waals surface area contributed by atoms with E-state index < -0.39 is 0 Å². The van der Waals surface area contributed by atoms with Gasteiger partial charge in [-0.25, -0.2) is 0 Å². The zero-order chi connectivity index (χ0) is 15.1. The Morgan fingerprint density at radius 3 is 2.15 bits per heavy atom. The first kappa shape index (κ1) is 15.7. The SMILES string of the molecule is CO/C=C(\C#N)Oc1cc(OC)c(OC)cc1C(C)C. The van der Waals surface area contributed by atoms with Gasteiger partial charge in [0.1, 0.15) is 18.1 Å². The fourth-order valence-electron chi connectivity index (χ4n) is 1.71. The Morgan fingerprint density at radius 2 is 1.70 bits per heavy atom. The largest absolute Gasteiger partial charge is 0.500 e. The fraction of sp³-hybridized carbons (Fsp3) is 0.400. The van der Waals surface area contributed by atoms with Crippen molar-refractivity contribution >= 4 is 0 Å². The van der Waals surface area contributed by atoms with Gasteiger partial charge in [-0.1, -0.05) is 13.8 Å². The minimum Gasteiger partial charge on any atom is -0.500 e. The van der Waals surface area contributed by atoms with Crippen molar-refractivity contribution in [3.63, 3.8) is 0 Å². The van der Waals surface area contributed by atoms with Crippen LogP contribution >= 0.6 is 0 Å². The highest BCUT2D eigenvalue weighted by molar-refractivity contribution is 5.52. The highest BCUT2D eigenvalue weighted by Gasteiger charge is 2.16. The van der Waals surface area contributed by atoms with E-state index in [-0.39, 0.29) is 11.7 Å². The summed E-state index contributed by atoms with van der Waals surface area (Å²) in [5.41, 5.74) is 0.917. The molecule has 0 saturated carbocycles. The molecule has 0 radical (unpaired) electrons. The molecule has 0 aliphatic carbocycles. The molecule has 108 valence electrons. The molecule has 0 bridgehead atoms. The first-order valence-electron chi connectivity index (χ1n) is 6.14. The standard InChI is InChI=1S/C15H19NO4/c1-10(2)12-6-14(18-4)15(19-5)7-13(12)20-11(8-16)9-17-3/h6-7,9-10H,1-5H3/b11-9+. The van der Waals surface area contributed by atoms with Crippen LogP contribution in [0, 0.1) is 11.3 Å². The molecular weight excluding hydrogens is 258 g/mol. The molecule has 0 aromatic heterocycles. The van der Waals surface area contributed by atoms with Crippen LogP contribution in [0.15, 0.2) is 24.2 Å². The summed E-state index contributed by atoms with van der Waals surface area (Å²) in [6, 6.07) is 5.48. The lowest BCUT2D eigenvalue weighted by Crippen LogP contribution is -2.01. The quantitative estimate of drug-likeness (QED) is 0.590. The van der Waals surface area contributed by atoms with Gasteiger partial charge in [-0.2, -0.15) is 5.26 Å². The lowest BCUT2D eigenvalue weighted by molar-refractivity contribution is 0.308. The van der Waals surface area contributed by atoms with Crippen LogP contribution in [0.2, 0.25) is 0 Å². The van der Waals surface area contributed by atoms with Crippen LogP contribution in [-0.4, -0.2) is 21.3 Å². The first-order valence-corrected chi connectivity index (χ1v) is 6.14. The van der Waals surface area contributed by atoms with E-state index in [4.69, 9.17) is 24.2 Å². The topological polar surface area (TPSA) is 60.7 Å². The van der Waals surface area contributed by atoms with E-state index >= 15 is 0 Å². The van der Waals surface area contributed by atoms with Crippen LogP contribution in [0.25, 0.3) is 0 Å². The molecule has 1 aromatic rings. The number of hydrogen-bond donors (Lipinski definition) is 0. The summed E-state index contributed by atoms with van der Waals surface area (Å²) in [5, 5.41) is 9.00. The third kappa shape index (κ3) is 3.58. The third-order valence-corrected chi connectivity index (χ3v) is 2.69. The van der Waals surface area contributed by atoms with Gasteiger partial charge in [0.15, 0.2) is 11.5 Å². The predicted octanol–water partition coefficient (Wildman–Crippen LogP) is 3.22. The summed E-state index contributed by atoms with van der Waals surface area (Å²) >= 11 is 0. The Hall–Kier alpha value is -2.35. The van der Waals surface area contributed by atoms with E-state index in [1.54, 1.807) is 20.3 Å². The predicted molar refractivity (Wildman–Crippen MR) is 75.0 cm³/mol. The first-order chi connectivity index (χ1) is 9.57. The van der Waals surface area contributed by atoms with Crippen molar-refractivity contribution in [1.29, 1.82) is 5.26 Å². The van der Waals surface area contributed by atoms with Crippen LogP contribution in [0.5, 0.6) is 17.2 Å². The number of benzene rings is 1. The van der Waals surface area contributed by atoms with Crippen LogP contribution < -0.4 is 14.2 Å². The van der Waals surface area contributed by atoms with Gasteiger partial charge in [-0.05, 0) is 12.0 Å². The number of nitrogens with zero attached hydrogens (tertiary/aromatic N) is 1. The number of ether oxygens (including phenoxy) is 4. The van der Waals surface area contributed by atoms with E-state index in [0.717, 1.165) is 5.56 Å². The molecular formula is C15H19NO4. The normalized spacial score (nSPS) is 10.9. The molecule has 20 heavy (non-hydrogen) atoms. The number of hydrogen-bond acceptors (Lipinski definition) is 5. The minimum atomic E-state index is 0.0709. The molecule has 0 fully saturated rings. The van der Waals surface area contributed by atoms with Crippen LogP contribution in [0.1, 0.15) is 25.3 Å².